The van der Waals surface area contributed by atoms with Gasteiger partial charge in [-0.25, -0.2) is 4.98 Å². The Bertz CT molecular complexity index is 1200. The van der Waals surface area contributed by atoms with Crippen molar-refractivity contribution in [3.05, 3.63) is 57.0 Å². The standard InChI is InChI=1S/C24H29N5O3S/c1-16-17(2)33-24-22(16)23(32)26-19(27-24)8-9-20(30)25-11-10-21(31)29-14-12-28(13-15-29)18-6-4-3-5-7-18/h3-7H,8-15H2,1-2H3,(H,25,30)(H,26,27,32). The number of anilines is 1. The average Bonchev–Trinajstić information content (AvgIpc) is 3.12. The molecule has 2 amide bonds. The number of benzene rings is 1. The Morgan fingerprint density at radius 3 is 2.55 bits per heavy atom. The summed E-state index contributed by atoms with van der Waals surface area (Å²) >= 11 is 1.49. The first-order valence-corrected chi connectivity index (χ1v) is 12.1. The quantitative estimate of drug-likeness (QED) is 0.556. The van der Waals surface area contributed by atoms with E-state index >= 15 is 0 Å². The molecule has 174 valence electrons. The van der Waals surface area contributed by atoms with E-state index in [1.165, 1.54) is 17.0 Å². The van der Waals surface area contributed by atoms with E-state index in [1.807, 2.05) is 36.9 Å². The van der Waals surface area contributed by atoms with Crippen LogP contribution in [0.5, 0.6) is 0 Å². The van der Waals surface area contributed by atoms with Crippen molar-refractivity contribution < 1.29 is 9.59 Å². The fourth-order valence-corrected chi connectivity index (χ4v) is 5.11. The number of nitrogens with one attached hydrogen (secondary N) is 2. The van der Waals surface area contributed by atoms with Crippen molar-refractivity contribution in [2.75, 3.05) is 37.6 Å². The summed E-state index contributed by atoms with van der Waals surface area (Å²) in [7, 11) is 0. The Balaban J connectivity index is 1.19. The minimum Gasteiger partial charge on any atom is -0.368 e. The summed E-state index contributed by atoms with van der Waals surface area (Å²) in [5, 5.41) is 3.44. The van der Waals surface area contributed by atoms with Crippen LogP contribution in [0.1, 0.15) is 29.1 Å². The van der Waals surface area contributed by atoms with Gasteiger partial charge in [0.2, 0.25) is 11.8 Å². The third-order valence-electron chi connectivity index (χ3n) is 6.09. The molecular weight excluding hydrogens is 438 g/mol. The van der Waals surface area contributed by atoms with Crippen LogP contribution >= 0.6 is 11.3 Å². The first-order valence-electron chi connectivity index (χ1n) is 11.3. The zero-order valence-corrected chi connectivity index (χ0v) is 19.8. The molecule has 1 fully saturated rings. The second-order valence-corrected chi connectivity index (χ2v) is 9.48. The van der Waals surface area contributed by atoms with Crippen LogP contribution in [0.25, 0.3) is 10.2 Å². The molecule has 0 atom stereocenters. The van der Waals surface area contributed by atoms with Crippen molar-refractivity contribution >= 4 is 39.1 Å². The van der Waals surface area contributed by atoms with Crippen molar-refractivity contribution in [1.29, 1.82) is 0 Å². The Kier molecular flexibility index (Phi) is 7.08. The maximum absolute atomic E-state index is 12.5. The Hall–Kier alpha value is -3.20. The number of rotatable bonds is 7. The highest BCUT2D eigenvalue weighted by Gasteiger charge is 2.21. The van der Waals surface area contributed by atoms with Crippen LogP contribution in [0, 0.1) is 13.8 Å². The second kappa shape index (κ2) is 10.2. The summed E-state index contributed by atoms with van der Waals surface area (Å²) in [6.45, 7) is 7.18. The van der Waals surface area contributed by atoms with Crippen LogP contribution < -0.4 is 15.8 Å². The van der Waals surface area contributed by atoms with Crippen molar-refractivity contribution in [1.82, 2.24) is 20.2 Å². The third-order valence-corrected chi connectivity index (χ3v) is 7.19. The Morgan fingerprint density at radius 1 is 1.09 bits per heavy atom. The number of aryl methyl sites for hydroxylation is 3. The van der Waals surface area contributed by atoms with E-state index in [2.05, 4.69) is 32.3 Å². The molecule has 1 aliphatic heterocycles. The summed E-state index contributed by atoms with van der Waals surface area (Å²) in [5.74, 6) is 0.414. The molecule has 8 nitrogen and oxygen atoms in total. The molecule has 4 rings (SSSR count). The van der Waals surface area contributed by atoms with Gasteiger partial charge in [0.25, 0.3) is 5.56 Å². The van der Waals surface area contributed by atoms with Crippen LogP contribution in [-0.4, -0.2) is 59.4 Å². The molecule has 0 saturated carbocycles. The number of nitrogens with zero attached hydrogens (tertiary/aromatic N) is 3. The number of carbonyl (C=O) groups excluding carboxylic acids is 2. The lowest BCUT2D eigenvalue weighted by Crippen LogP contribution is -2.49. The smallest absolute Gasteiger partial charge is 0.259 e. The predicted molar refractivity (Wildman–Crippen MR) is 131 cm³/mol. The molecule has 0 spiro atoms. The summed E-state index contributed by atoms with van der Waals surface area (Å²) in [6, 6.07) is 10.2. The maximum Gasteiger partial charge on any atom is 0.259 e. The highest BCUT2D eigenvalue weighted by atomic mass is 32.1. The van der Waals surface area contributed by atoms with Crippen LogP contribution in [-0.2, 0) is 16.0 Å². The first kappa shape index (κ1) is 23.0. The molecule has 3 heterocycles. The monoisotopic (exact) mass is 467 g/mol. The molecule has 0 bridgehead atoms. The van der Waals surface area contributed by atoms with Gasteiger partial charge in [-0.2, -0.15) is 0 Å². The van der Waals surface area contributed by atoms with Gasteiger partial charge in [-0.05, 0) is 31.5 Å². The number of H-pyrrole nitrogens is 1. The number of carbonyl (C=O) groups is 2. The molecule has 9 heteroatoms. The van der Waals surface area contributed by atoms with Crippen molar-refractivity contribution in [3.63, 3.8) is 0 Å². The lowest BCUT2D eigenvalue weighted by Gasteiger charge is -2.36. The zero-order chi connectivity index (χ0) is 23.4. The van der Waals surface area contributed by atoms with Gasteiger partial charge in [-0.15, -0.1) is 11.3 Å². The van der Waals surface area contributed by atoms with Crippen LogP contribution in [0.15, 0.2) is 35.1 Å². The number of thiophene rings is 1. The van der Waals surface area contributed by atoms with E-state index in [-0.39, 0.29) is 30.2 Å². The summed E-state index contributed by atoms with van der Waals surface area (Å²) in [4.78, 5) is 50.3. The number of hydrogen-bond donors (Lipinski definition) is 2. The molecule has 0 aliphatic carbocycles. The number of aromatic nitrogens is 2. The SMILES string of the molecule is Cc1sc2nc(CCC(=O)NCCC(=O)N3CCN(c4ccccc4)CC3)[nH]c(=O)c2c1C. The number of piperazine rings is 1. The lowest BCUT2D eigenvalue weighted by molar-refractivity contribution is -0.131. The van der Waals surface area contributed by atoms with Gasteiger partial charge < -0.3 is 20.1 Å². The van der Waals surface area contributed by atoms with Gasteiger partial charge in [0.15, 0.2) is 0 Å². The lowest BCUT2D eigenvalue weighted by atomic mass is 10.2. The van der Waals surface area contributed by atoms with Crippen LogP contribution in [0.2, 0.25) is 0 Å². The van der Waals surface area contributed by atoms with Gasteiger partial charge in [0.1, 0.15) is 10.7 Å². The van der Waals surface area contributed by atoms with Gasteiger partial charge >= 0.3 is 0 Å². The third kappa shape index (κ3) is 5.42. The first-order chi connectivity index (χ1) is 15.9. The van der Waals surface area contributed by atoms with Crippen molar-refractivity contribution in [2.45, 2.75) is 33.1 Å². The van der Waals surface area contributed by atoms with E-state index < -0.39 is 0 Å². The summed E-state index contributed by atoms with van der Waals surface area (Å²) in [6.07, 6.45) is 0.843. The fourth-order valence-electron chi connectivity index (χ4n) is 4.06. The highest BCUT2D eigenvalue weighted by molar-refractivity contribution is 7.18. The van der Waals surface area contributed by atoms with E-state index in [0.717, 1.165) is 23.5 Å². The minimum absolute atomic E-state index is 0.0582. The summed E-state index contributed by atoms with van der Waals surface area (Å²) in [5.41, 5.74) is 1.98. The average molecular weight is 468 g/mol. The van der Waals surface area contributed by atoms with Crippen molar-refractivity contribution in [2.24, 2.45) is 0 Å². The fraction of sp³-hybridized carbons (Fsp3) is 0.417. The van der Waals surface area contributed by atoms with E-state index in [1.54, 1.807) is 0 Å². The van der Waals surface area contributed by atoms with Gasteiger partial charge in [0, 0.05) is 62.6 Å². The number of hydrogen-bond acceptors (Lipinski definition) is 6. The van der Waals surface area contributed by atoms with Gasteiger partial charge in [-0.1, -0.05) is 18.2 Å². The summed E-state index contributed by atoms with van der Waals surface area (Å²) < 4.78 is 0. The Morgan fingerprint density at radius 2 is 1.82 bits per heavy atom. The molecule has 33 heavy (non-hydrogen) atoms. The minimum atomic E-state index is -0.157. The number of para-hydroxylation sites is 1. The van der Waals surface area contributed by atoms with E-state index in [9.17, 15) is 14.4 Å². The molecule has 0 unspecified atom stereocenters. The van der Waals surface area contributed by atoms with Crippen LogP contribution in [0.3, 0.4) is 0 Å². The number of amides is 2. The van der Waals surface area contributed by atoms with Crippen molar-refractivity contribution in [3.8, 4) is 0 Å². The molecule has 0 radical (unpaired) electrons. The highest BCUT2D eigenvalue weighted by Crippen LogP contribution is 2.25. The maximum atomic E-state index is 12.5. The molecule has 1 saturated heterocycles. The van der Waals surface area contributed by atoms with Gasteiger partial charge in [0.05, 0.1) is 5.39 Å². The van der Waals surface area contributed by atoms with E-state index in [4.69, 9.17) is 0 Å². The molecule has 2 aromatic heterocycles. The number of aromatic amines is 1. The molecule has 2 N–H and O–H groups in total. The molecule has 3 aromatic rings. The largest absolute Gasteiger partial charge is 0.368 e. The van der Waals surface area contributed by atoms with E-state index in [0.29, 0.717) is 42.1 Å². The normalized spacial score (nSPS) is 14.0. The molecule has 1 aromatic carbocycles. The zero-order valence-electron chi connectivity index (χ0n) is 19.0. The number of fused-ring (bicyclic) bond motifs is 1. The van der Waals surface area contributed by atoms with Crippen LogP contribution in [0.4, 0.5) is 5.69 Å². The second-order valence-electron chi connectivity index (χ2n) is 8.28. The van der Waals surface area contributed by atoms with Gasteiger partial charge in [-0.3, -0.25) is 14.4 Å². The molecular formula is C24H29N5O3S. The molecule has 1 aliphatic rings. The predicted octanol–water partition coefficient (Wildman–Crippen LogP) is 2.39. The topological polar surface area (TPSA) is 98.4 Å². The Labute approximate surface area is 196 Å².